The summed E-state index contributed by atoms with van der Waals surface area (Å²) >= 11 is 0. The number of rotatable bonds is 7. The lowest BCUT2D eigenvalue weighted by Gasteiger charge is -2.22. The minimum Gasteiger partial charge on any atom is -0.497 e. The molecule has 1 N–H and O–H groups in total. The van der Waals surface area contributed by atoms with Gasteiger partial charge in [-0.15, -0.1) is 0 Å². The van der Waals surface area contributed by atoms with Gasteiger partial charge in [-0.3, -0.25) is 14.1 Å². The van der Waals surface area contributed by atoms with Crippen LogP contribution in [0.15, 0.2) is 48.7 Å². The molecule has 0 aliphatic carbocycles. The maximum absolute atomic E-state index is 12.1. The van der Waals surface area contributed by atoms with Gasteiger partial charge in [0.25, 0.3) is 0 Å². The molecule has 0 fully saturated rings. The van der Waals surface area contributed by atoms with Crippen LogP contribution in [-0.4, -0.2) is 39.2 Å². The van der Waals surface area contributed by atoms with Gasteiger partial charge in [-0.25, -0.2) is 8.42 Å². The first-order valence-electron chi connectivity index (χ1n) is 7.18. The molecule has 2 rings (SSSR count). The first-order valence-corrected chi connectivity index (χ1v) is 9.03. The minimum atomic E-state index is -3.60. The summed E-state index contributed by atoms with van der Waals surface area (Å²) < 4.78 is 30.1. The lowest BCUT2D eigenvalue weighted by molar-refractivity contribution is -0.119. The van der Waals surface area contributed by atoms with E-state index in [0.29, 0.717) is 17.1 Å². The van der Waals surface area contributed by atoms with Gasteiger partial charge < -0.3 is 10.1 Å². The number of hydrogen-bond acceptors (Lipinski definition) is 5. The Balaban J connectivity index is 2.07. The fourth-order valence-electron chi connectivity index (χ4n) is 2.03. The molecule has 1 amide bonds. The SMILES string of the molecule is COc1ccc(N(CC(=O)NCc2ccccn2)S(C)(=O)=O)cc1. The van der Waals surface area contributed by atoms with Crippen molar-refractivity contribution >= 4 is 21.6 Å². The number of nitrogens with zero attached hydrogens (tertiary/aromatic N) is 2. The van der Waals surface area contributed by atoms with Gasteiger partial charge in [0, 0.05) is 6.20 Å². The molecule has 8 heteroatoms. The number of pyridine rings is 1. The van der Waals surface area contributed by atoms with Crippen molar-refractivity contribution in [2.75, 3.05) is 24.2 Å². The molecule has 0 aliphatic heterocycles. The molecular formula is C16H19N3O4S. The number of amides is 1. The molecule has 0 bridgehead atoms. The standard InChI is InChI=1S/C16H19N3O4S/c1-23-15-8-6-14(7-9-15)19(24(2,21)22)12-16(20)18-11-13-5-3-4-10-17-13/h3-10H,11-12H2,1-2H3,(H,18,20). The largest absolute Gasteiger partial charge is 0.497 e. The Morgan fingerprint density at radius 1 is 1.21 bits per heavy atom. The van der Waals surface area contributed by atoms with Crippen molar-refractivity contribution < 1.29 is 17.9 Å². The van der Waals surface area contributed by atoms with Crippen molar-refractivity contribution in [3.63, 3.8) is 0 Å². The van der Waals surface area contributed by atoms with Crippen molar-refractivity contribution in [1.82, 2.24) is 10.3 Å². The van der Waals surface area contributed by atoms with E-state index in [1.54, 1.807) is 42.6 Å². The highest BCUT2D eigenvalue weighted by atomic mass is 32.2. The van der Waals surface area contributed by atoms with Crippen molar-refractivity contribution in [1.29, 1.82) is 0 Å². The summed E-state index contributed by atoms with van der Waals surface area (Å²) in [5.41, 5.74) is 1.09. The average Bonchev–Trinajstić information content (AvgIpc) is 2.58. The summed E-state index contributed by atoms with van der Waals surface area (Å²) in [6.45, 7) is -0.0715. The molecule has 1 aromatic carbocycles. The van der Waals surface area contributed by atoms with E-state index in [9.17, 15) is 13.2 Å². The summed E-state index contributed by atoms with van der Waals surface area (Å²) in [7, 11) is -2.08. The molecule has 0 saturated heterocycles. The highest BCUT2D eigenvalue weighted by molar-refractivity contribution is 7.92. The van der Waals surface area contributed by atoms with Gasteiger partial charge >= 0.3 is 0 Å². The predicted octanol–water partition coefficient (Wildman–Crippen LogP) is 1.17. The van der Waals surface area contributed by atoms with Crippen LogP contribution in [0.1, 0.15) is 5.69 Å². The average molecular weight is 349 g/mol. The van der Waals surface area contributed by atoms with Gasteiger partial charge in [0.05, 0.1) is 31.3 Å². The van der Waals surface area contributed by atoms with E-state index in [1.165, 1.54) is 7.11 Å². The molecule has 0 saturated carbocycles. The zero-order chi connectivity index (χ0) is 17.6. The molecule has 7 nitrogen and oxygen atoms in total. The van der Waals surface area contributed by atoms with Crippen LogP contribution in [0.4, 0.5) is 5.69 Å². The topological polar surface area (TPSA) is 88.6 Å². The number of aromatic nitrogens is 1. The second-order valence-electron chi connectivity index (χ2n) is 5.07. The Morgan fingerprint density at radius 2 is 1.92 bits per heavy atom. The molecule has 24 heavy (non-hydrogen) atoms. The van der Waals surface area contributed by atoms with Gasteiger partial charge in [0.15, 0.2) is 0 Å². The Kier molecular flexibility index (Phi) is 5.75. The van der Waals surface area contributed by atoms with Crippen LogP contribution >= 0.6 is 0 Å². The number of ether oxygens (including phenoxy) is 1. The Bertz CT molecular complexity index is 777. The van der Waals surface area contributed by atoms with Crippen LogP contribution in [0, 0.1) is 0 Å². The van der Waals surface area contributed by atoms with Crippen LogP contribution in [0.5, 0.6) is 5.75 Å². The molecule has 0 radical (unpaired) electrons. The number of carbonyl (C=O) groups is 1. The predicted molar refractivity (Wildman–Crippen MR) is 91.3 cm³/mol. The van der Waals surface area contributed by atoms with Crippen molar-refractivity contribution in [2.45, 2.75) is 6.54 Å². The van der Waals surface area contributed by atoms with E-state index in [0.717, 1.165) is 10.6 Å². The smallest absolute Gasteiger partial charge is 0.241 e. The van der Waals surface area contributed by atoms with E-state index in [1.807, 2.05) is 6.07 Å². The summed E-state index contributed by atoms with van der Waals surface area (Å²) in [5, 5.41) is 2.66. The number of anilines is 1. The quantitative estimate of drug-likeness (QED) is 0.811. The number of carbonyl (C=O) groups excluding carboxylic acids is 1. The third-order valence-corrected chi connectivity index (χ3v) is 4.38. The molecule has 1 aromatic heterocycles. The highest BCUT2D eigenvalue weighted by Gasteiger charge is 2.20. The Hall–Kier alpha value is -2.61. The van der Waals surface area contributed by atoms with Crippen LogP contribution in [-0.2, 0) is 21.4 Å². The van der Waals surface area contributed by atoms with Crippen molar-refractivity contribution in [2.24, 2.45) is 0 Å². The fourth-order valence-corrected chi connectivity index (χ4v) is 2.88. The summed E-state index contributed by atoms with van der Waals surface area (Å²) in [5.74, 6) is 0.189. The van der Waals surface area contributed by atoms with Crippen LogP contribution in [0.25, 0.3) is 0 Å². The third kappa shape index (κ3) is 4.95. The lowest BCUT2D eigenvalue weighted by atomic mass is 10.3. The fraction of sp³-hybridized carbons (Fsp3) is 0.250. The number of sulfonamides is 1. The van der Waals surface area contributed by atoms with Gasteiger partial charge in [0.2, 0.25) is 15.9 Å². The monoisotopic (exact) mass is 349 g/mol. The molecule has 128 valence electrons. The van der Waals surface area contributed by atoms with E-state index < -0.39 is 15.9 Å². The summed E-state index contributed by atoms with van der Waals surface area (Å²) in [6, 6.07) is 11.8. The van der Waals surface area contributed by atoms with Crippen LogP contribution < -0.4 is 14.4 Å². The maximum atomic E-state index is 12.1. The number of methoxy groups -OCH3 is 1. The zero-order valence-electron chi connectivity index (χ0n) is 13.5. The summed E-state index contributed by atoms with van der Waals surface area (Å²) in [4.78, 5) is 16.2. The van der Waals surface area contributed by atoms with Crippen LogP contribution in [0.2, 0.25) is 0 Å². The lowest BCUT2D eigenvalue weighted by Crippen LogP contribution is -2.40. The van der Waals surface area contributed by atoms with E-state index >= 15 is 0 Å². The van der Waals surface area contributed by atoms with Gasteiger partial charge in [-0.2, -0.15) is 0 Å². The molecule has 0 spiro atoms. The molecule has 0 atom stereocenters. The molecule has 0 aliphatic rings. The van der Waals surface area contributed by atoms with Crippen LogP contribution in [0.3, 0.4) is 0 Å². The normalized spacial score (nSPS) is 10.9. The third-order valence-electron chi connectivity index (χ3n) is 3.24. The van der Waals surface area contributed by atoms with Crippen molar-refractivity contribution in [3.05, 3.63) is 54.4 Å². The maximum Gasteiger partial charge on any atom is 0.241 e. The second-order valence-corrected chi connectivity index (χ2v) is 6.97. The van der Waals surface area contributed by atoms with E-state index in [-0.39, 0.29) is 13.1 Å². The van der Waals surface area contributed by atoms with E-state index in [4.69, 9.17) is 4.74 Å². The number of nitrogens with one attached hydrogen (secondary N) is 1. The van der Waals surface area contributed by atoms with Gasteiger partial charge in [0.1, 0.15) is 12.3 Å². The highest BCUT2D eigenvalue weighted by Crippen LogP contribution is 2.21. The number of hydrogen-bond donors (Lipinski definition) is 1. The number of benzene rings is 1. The Morgan fingerprint density at radius 3 is 2.46 bits per heavy atom. The molecule has 0 unspecified atom stereocenters. The first-order chi connectivity index (χ1) is 11.4. The summed E-state index contributed by atoms with van der Waals surface area (Å²) in [6.07, 6.45) is 2.69. The van der Waals surface area contributed by atoms with Crippen molar-refractivity contribution in [3.8, 4) is 5.75 Å². The molecular weight excluding hydrogens is 330 g/mol. The zero-order valence-corrected chi connectivity index (χ0v) is 14.3. The second kappa shape index (κ2) is 7.78. The van der Waals surface area contributed by atoms with E-state index in [2.05, 4.69) is 10.3 Å². The Labute approximate surface area is 141 Å². The molecule has 1 heterocycles. The minimum absolute atomic E-state index is 0.236. The molecule has 2 aromatic rings. The first kappa shape index (κ1) is 17.7. The van der Waals surface area contributed by atoms with Gasteiger partial charge in [-0.05, 0) is 36.4 Å². The van der Waals surface area contributed by atoms with Gasteiger partial charge in [-0.1, -0.05) is 6.07 Å².